The van der Waals surface area contributed by atoms with E-state index < -0.39 is 33.8 Å². The summed E-state index contributed by atoms with van der Waals surface area (Å²) in [4.78, 5) is 4.32. The van der Waals surface area contributed by atoms with E-state index in [2.05, 4.69) is 9.72 Å². The van der Waals surface area contributed by atoms with Gasteiger partial charge in [0.15, 0.2) is 0 Å². The molecule has 3 heterocycles. The van der Waals surface area contributed by atoms with Crippen LogP contribution < -0.4 is 4.74 Å². The number of aromatic nitrogens is 1. The van der Waals surface area contributed by atoms with Crippen LogP contribution >= 0.6 is 11.6 Å². The number of hydrogen-bond donors (Lipinski definition) is 0. The Morgan fingerprint density at radius 2 is 1.71 bits per heavy atom. The molecule has 1 saturated heterocycles. The lowest BCUT2D eigenvalue weighted by Gasteiger charge is -2.39. The van der Waals surface area contributed by atoms with Crippen molar-refractivity contribution < 1.29 is 31.1 Å². The quantitative estimate of drug-likeness (QED) is 0.455. The van der Waals surface area contributed by atoms with E-state index in [0.717, 1.165) is 41.1 Å². The van der Waals surface area contributed by atoms with E-state index >= 15 is 0 Å². The van der Waals surface area contributed by atoms with Crippen LogP contribution in [0.25, 0.3) is 0 Å². The third-order valence-electron chi connectivity index (χ3n) is 6.32. The summed E-state index contributed by atoms with van der Waals surface area (Å²) in [5, 5.41) is 0.520. The summed E-state index contributed by atoms with van der Waals surface area (Å²) in [6, 6.07) is 15.6. The highest BCUT2D eigenvalue weighted by atomic mass is 35.5. The second-order valence-electron chi connectivity index (χ2n) is 8.40. The Balaban J connectivity index is 1.35. The molecule has 1 aromatic heterocycles. The third-order valence-corrected chi connectivity index (χ3v) is 8.46. The molecule has 1 atom stereocenters. The Morgan fingerprint density at radius 3 is 2.34 bits per heavy atom. The minimum absolute atomic E-state index is 0.0982. The van der Waals surface area contributed by atoms with Gasteiger partial charge in [-0.25, -0.2) is 8.42 Å². The maximum absolute atomic E-state index is 13.1. The molecule has 5 rings (SSSR count). The Bertz CT molecular complexity index is 1320. The van der Waals surface area contributed by atoms with Gasteiger partial charge in [0.25, 0.3) is 0 Å². The first-order chi connectivity index (χ1) is 16.6. The summed E-state index contributed by atoms with van der Waals surface area (Å²) in [5.74, 6) is -0.480. The molecular weight excluding hydrogens is 505 g/mol. The molecule has 184 valence electrons. The van der Waals surface area contributed by atoms with Gasteiger partial charge in [-0.2, -0.15) is 4.31 Å². The highest BCUT2D eigenvalue weighted by Crippen LogP contribution is 2.51. The van der Waals surface area contributed by atoms with Gasteiger partial charge < -0.3 is 9.47 Å². The zero-order valence-electron chi connectivity index (χ0n) is 18.2. The molecule has 6 nitrogen and oxygen atoms in total. The summed E-state index contributed by atoms with van der Waals surface area (Å²) in [6.45, 7) is 0.385. The summed E-state index contributed by atoms with van der Waals surface area (Å²) in [5.41, 5.74) is 2.04. The summed E-state index contributed by atoms with van der Waals surface area (Å²) < 4.78 is 75.2. The van der Waals surface area contributed by atoms with Crippen LogP contribution in [0.4, 0.5) is 13.2 Å². The van der Waals surface area contributed by atoms with Crippen LogP contribution in [-0.2, 0) is 20.4 Å². The molecule has 0 N–H and O–H groups in total. The predicted molar refractivity (Wildman–Crippen MR) is 121 cm³/mol. The van der Waals surface area contributed by atoms with Crippen LogP contribution in [0.15, 0.2) is 71.8 Å². The van der Waals surface area contributed by atoms with Crippen molar-refractivity contribution in [2.45, 2.75) is 35.8 Å². The van der Waals surface area contributed by atoms with Crippen molar-refractivity contribution in [3.63, 3.8) is 0 Å². The number of fused-ring (bicyclic) bond motifs is 2. The van der Waals surface area contributed by atoms with E-state index in [0.29, 0.717) is 17.9 Å². The van der Waals surface area contributed by atoms with E-state index in [1.807, 2.05) is 30.3 Å². The van der Waals surface area contributed by atoms with Gasteiger partial charge in [0.05, 0.1) is 21.2 Å². The molecule has 2 aromatic carbocycles. The van der Waals surface area contributed by atoms with Gasteiger partial charge in [0.1, 0.15) is 11.9 Å². The van der Waals surface area contributed by atoms with Crippen LogP contribution in [0.2, 0.25) is 5.02 Å². The topological polar surface area (TPSA) is 68.7 Å². The van der Waals surface area contributed by atoms with Crippen LogP contribution in [-0.4, -0.2) is 37.2 Å². The van der Waals surface area contributed by atoms with Crippen molar-refractivity contribution >= 4 is 21.6 Å². The molecule has 2 aliphatic heterocycles. The molecule has 3 aromatic rings. The number of piperidine rings is 1. The lowest BCUT2D eigenvalue weighted by atomic mass is 9.84. The monoisotopic (exact) mass is 524 g/mol. The number of rotatable bonds is 4. The number of sulfonamides is 1. The fourth-order valence-electron chi connectivity index (χ4n) is 4.69. The number of nitrogens with zero attached hydrogens (tertiary/aromatic N) is 2. The minimum Gasteiger partial charge on any atom is -0.406 e. The van der Waals surface area contributed by atoms with Gasteiger partial charge in [-0.3, -0.25) is 4.98 Å². The second kappa shape index (κ2) is 8.77. The van der Waals surface area contributed by atoms with Gasteiger partial charge in [-0.05, 0) is 60.4 Å². The van der Waals surface area contributed by atoms with Crippen molar-refractivity contribution in [3.8, 4) is 5.75 Å². The highest BCUT2D eigenvalue weighted by Gasteiger charge is 2.48. The number of pyridine rings is 1. The van der Waals surface area contributed by atoms with E-state index in [1.54, 1.807) is 12.3 Å². The molecule has 2 aliphatic rings. The number of ether oxygens (including phenoxy) is 2. The van der Waals surface area contributed by atoms with Gasteiger partial charge in [0, 0.05) is 19.3 Å². The Hall–Kier alpha value is -2.66. The van der Waals surface area contributed by atoms with Gasteiger partial charge in [-0.1, -0.05) is 35.9 Å². The lowest BCUT2D eigenvalue weighted by molar-refractivity contribution is -0.274. The van der Waals surface area contributed by atoms with Gasteiger partial charge >= 0.3 is 6.36 Å². The fraction of sp³-hybridized carbons (Fsp3) is 0.292. The fourth-order valence-corrected chi connectivity index (χ4v) is 6.25. The van der Waals surface area contributed by atoms with Gasteiger partial charge in [-0.15, -0.1) is 13.2 Å². The zero-order valence-corrected chi connectivity index (χ0v) is 19.8. The van der Waals surface area contributed by atoms with Crippen LogP contribution in [0.3, 0.4) is 0 Å². The average Bonchev–Trinajstić information content (AvgIpc) is 3.13. The Kier molecular flexibility index (Phi) is 6.03. The molecule has 1 spiro atoms. The van der Waals surface area contributed by atoms with Gasteiger partial charge in [0.2, 0.25) is 10.0 Å². The standard InChI is InChI=1S/C24H20ClF3N2O4S/c25-16-5-10-21(29-15-16)22-19-3-1-2-4-20(19)23(34-22)11-13-30(14-12-23)35(31,32)18-8-6-17(7-9-18)33-24(26,27)28/h1-10,15,22H,11-14H2. The van der Waals surface area contributed by atoms with Crippen molar-refractivity contribution in [1.82, 2.24) is 9.29 Å². The van der Waals surface area contributed by atoms with Crippen LogP contribution in [0, 0.1) is 0 Å². The first-order valence-corrected chi connectivity index (χ1v) is 12.6. The average molecular weight is 525 g/mol. The number of hydrogen-bond acceptors (Lipinski definition) is 5. The molecular formula is C24H20ClF3N2O4S. The smallest absolute Gasteiger partial charge is 0.406 e. The van der Waals surface area contributed by atoms with Crippen molar-refractivity contribution in [3.05, 3.63) is 88.7 Å². The van der Waals surface area contributed by atoms with E-state index in [9.17, 15) is 21.6 Å². The normalized spacial score (nSPS) is 20.1. The molecule has 35 heavy (non-hydrogen) atoms. The van der Waals surface area contributed by atoms with Crippen molar-refractivity contribution in [2.24, 2.45) is 0 Å². The molecule has 0 bridgehead atoms. The largest absolute Gasteiger partial charge is 0.573 e. The Labute approximate surface area is 205 Å². The van der Waals surface area contributed by atoms with Crippen LogP contribution in [0.5, 0.6) is 5.75 Å². The summed E-state index contributed by atoms with van der Waals surface area (Å²) in [6.07, 6.45) is -2.84. The maximum atomic E-state index is 13.1. The third kappa shape index (κ3) is 4.63. The first-order valence-electron chi connectivity index (χ1n) is 10.8. The molecule has 1 fully saturated rings. The molecule has 1 unspecified atom stereocenters. The molecule has 0 aliphatic carbocycles. The maximum Gasteiger partial charge on any atom is 0.573 e. The first kappa shape index (κ1) is 24.1. The minimum atomic E-state index is -4.85. The lowest BCUT2D eigenvalue weighted by Crippen LogP contribution is -2.45. The highest BCUT2D eigenvalue weighted by molar-refractivity contribution is 7.89. The SMILES string of the molecule is O=S(=O)(c1ccc(OC(F)(F)F)cc1)N1CCC2(CC1)OC(c1ccc(Cl)cn1)c1ccccc12. The molecule has 0 radical (unpaired) electrons. The number of benzene rings is 2. The van der Waals surface area contributed by atoms with E-state index in [4.69, 9.17) is 16.3 Å². The van der Waals surface area contributed by atoms with Crippen LogP contribution in [0.1, 0.15) is 35.8 Å². The van der Waals surface area contributed by atoms with Crippen molar-refractivity contribution in [2.75, 3.05) is 13.1 Å². The second-order valence-corrected chi connectivity index (χ2v) is 10.8. The molecule has 0 amide bonds. The summed E-state index contributed by atoms with van der Waals surface area (Å²) in [7, 11) is -3.90. The van der Waals surface area contributed by atoms with Crippen molar-refractivity contribution in [1.29, 1.82) is 0 Å². The van der Waals surface area contributed by atoms with E-state index in [1.165, 1.54) is 4.31 Å². The Morgan fingerprint density at radius 1 is 1.03 bits per heavy atom. The predicted octanol–water partition coefficient (Wildman–Crippen LogP) is 5.43. The summed E-state index contributed by atoms with van der Waals surface area (Å²) >= 11 is 5.98. The molecule has 0 saturated carbocycles. The number of halogens is 4. The number of alkyl halides is 3. The molecule has 11 heteroatoms. The zero-order chi connectivity index (χ0) is 24.8. The van der Waals surface area contributed by atoms with E-state index in [-0.39, 0.29) is 18.0 Å².